The molecule has 0 aromatic rings. The Kier molecular flexibility index (Phi) is 6.02. The van der Waals surface area contributed by atoms with Crippen molar-refractivity contribution in [2.45, 2.75) is 45.1 Å². The largest absolute Gasteiger partial charge is 0.389 e. The Hall–Kier alpha value is -0.650. The maximum Gasteiger partial charge on any atom is 0.222 e. The first-order valence-corrected chi connectivity index (χ1v) is 8.37. The molecule has 122 valence electrons. The van der Waals surface area contributed by atoms with Crippen molar-refractivity contribution in [1.29, 1.82) is 0 Å². The third-order valence-electron chi connectivity index (χ3n) is 4.50. The molecule has 2 fully saturated rings. The summed E-state index contributed by atoms with van der Waals surface area (Å²) in [5, 5.41) is 13.3. The number of carbonyl (C=O) groups is 1. The van der Waals surface area contributed by atoms with Crippen molar-refractivity contribution in [1.82, 2.24) is 15.1 Å². The first-order chi connectivity index (χ1) is 9.94. The summed E-state index contributed by atoms with van der Waals surface area (Å²) in [5.74, 6) is 0.989. The minimum absolute atomic E-state index is 0.309. The Labute approximate surface area is 128 Å². The summed E-state index contributed by atoms with van der Waals surface area (Å²) in [6, 6.07) is 0. The number of rotatable bonds is 5. The van der Waals surface area contributed by atoms with Crippen LogP contribution in [0.5, 0.6) is 0 Å². The summed E-state index contributed by atoms with van der Waals surface area (Å²) in [7, 11) is 0. The molecule has 2 rings (SSSR count). The maximum atomic E-state index is 12.3. The lowest BCUT2D eigenvalue weighted by atomic mass is 9.94. The first-order valence-electron chi connectivity index (χ1n) is 8.37. The van der Waals surface area contributed by atoms with Gasteiger partial charge in [0.25, 0.3) is 0 Å². The standard InChI is InChI=1S/C16H31N3O2/c1-16(2,21)13-18-8-10-19(11-9-18)15(20)6-5-14-4-3-7-17-12-14/h14,17,21H,3-13H2,1-2H3. The van der Waals surface area contributed by atoms with Gasteiger partial charge in [-0.05, 0) is 52.1 Å². The molecule has 1 atom stereocenters. The Morgan fingerprint density at radius 1 is 1.29 bits per heavy atom. The predicted octanol–water partition coefficient (Wildman–Crippen LogP) is 0.681. The van der Waals surface area contributed by atoms with E-state index in [1.165, 1.54) is 12.8 Å². The molecule has 0 radical (unpaired) electrons. The highest BCUT2D eigenvalue weighted by molar-refractivity contribution is 5.76. The van der Waals surface area contributed by atoms with Crippen LogP contribution in [-0.2, 0) is 4.79 Å². The smallest absolute Gasteiger partial charge is 0.222 e. The van der Waals surface area contributed by atoms with Gasteiger partial charge >= 0.3 is 0 Å². The van der Waals surface area contributed by atoms with E-state index in [4.69, 9.17) is 0 Å². The Bertz CT molecular complexity index is 327. The van der Waals surface area contributed by atoms with Gasteiger partial charge in [-0.1, -0.05) is 0 Å². The molecular weight excluding hydrogens is 266 g/mol. The lowest BCUT2D eigenvalue weighted by molar-refractivity contribution is -0.133. The topological polar surface area (TPSA) is 55.8 Å². The summed E-state index contributed by atoms with van der Waals surface area (Å²) in [5.41, 5.74) is -0.653. The molecule has 0 aliphatic carbocycles. The van der Waals surface area contributed by atoms with Crippen LogP contribution < -0.4 is 5.32 Å². The number of piperazine rings is 1. The molecule has 21 heavy (non-hydrogen) atoms. The number of nitrogens with one attached hydrogen (secondary N) is 1. The van der Waals surface area contributed by atoms with Gasteiger partial charge in [-0.15, -0.1) is 0 Å². The molecule has 0 aromatic heterocycles. The van der Waals surface area contributed by atoms with Crippen molar-refractivity contribution in [3.63, 3.8) is 0 Å². The van der Waals surface area contributed by atoms with Crippen LogP contribution in [0.3, 0.4) is 0 Å². The third-order valence-corrected chi connectivity index (χ3v) is 4.50. The third kappa shape index (κ3) is 5.93. The van der Waals surface area contributed by atoms with Gasteiger partial charge in [0.15, 0.2) is 0 Å². The highest BCUT2D eigenvalue weighted by Gasteiger charge is 2.25. The van der Waals surface area contributed by atoms with E-state index in [2.05, 4.69) is 10.2 Å². The van der Waals surface area contributed by atoms with Crippen molar-refractivity contribution in [3.8, 4) is 0 Å². The molecule has 2 aliphatic heterocycles. The monoisotopic (exact) mass is 297 g/mol. The molecule has 0 aromatic carbocycles. The van der Waals surface area contributed by atoms with Gasteiger partial charge in [-0.2, -0.15) is 0 Å². The van der Waals surface area contributed by atoms with Gasteiger partial charge in [0, 0.05) is 39.1 Å². The lowest BCUT2D eigenvalue weighted by Crippen LogP contribution is -2.52. The summed E-state index contributed by atoms with van der Waals surface area (Å²) < 4.78 is 0. The van der Waals surface area contributed by atoms with Crippen LogP contribution >= 0.6 is 0 Å². The van der Waals surface area contributed by atoms with Crippen LogP contribution in [0.4, 0.5) is 0 Å². The second kappa shape index (κ2) is 7.56. The summed E-state index contributed by atoms with van der Waals surface area (Å²) in [6.07, 6.45) is 4.22. The van der Waals surface area contributed by atoms with Crippen molar-refractivity contribution < 1.29 is 9.90 Å². The van der Waals surface area contributed by atoms with Crippen molar-refractivity contribution in [2.75, 3.05) is 45.8 Å². The number of hydrogen-bond acceptors (Lipinski definition) is 4. The maximum absolute atomic E-state index is 12.3. The molecule has 2 N–H and O–H groups in total. The Balaban J connectivity index is 1.65. The van der Waals surface area contributed by atoms with Crippen LogP contribution in [0, 0.1) is 5.92 Å². The van der Waals surface area contributed by atoms with Gasteiger partial charge in [-0.25, -0.2) is 0 Å². The summed E-state index contributed by atoms with van der Waals surface area (Å²) in [6.45, 7) is 9.92. The molecule has 2 saturated heterocycles. The van der Waals surface area contributed by atoms with Crippen LogP contribution in [0.15, 0.2) is 0 Å². The molecule has 2 aliphatic rings. The number of hydrogen-bond donors (Lipinski definition) is 2. The second-order valence-electron chi connectivity index (χ2n) is 7.22. The number of nitrogens with zero attached hydrogens (tertiary/aromatic N) is 2. The van der Waals surface area contributed by atoms with Gasteiger partial charge in [0.2, 0.25) is 5.91 Å². The minimum atomic E-state index is -0.653. The van der Waals surface area contributed by atoms with E-state index in [1.807, 2.05) is 18.7 Å². The molecule has 5 heteroatoms. The minimum Gasteiger partial charge on any atom is -0.389 e. The van der Waals surface area contributed by atoms with E-state index in [0.717, 1.165) is 45.7 Å². The summed E-state index contributed by atoms with van der Waals surface area (Å²) in [4.78, 5) is 16.5. The highest BCUT2D eigenvalue weighted by atomic mass is 16.3. The number of piperidine rings is 1. The number of amides is 1. The zero-order chi connectivity index (χ0) is 15.3. The fourth-order valence-corrected chi connectivity index (χ4v) is 3.36. The number of aliphatic hydroxyl groups is 1. The van der Waals surface area contributed by atoms with E-state index in [9.17, 15) is 9.90 Å². The SMILES string of the molecule is CC(C)(O)CN1CCN(C(=O)CCC2CCCNC2)CC1. The molecular formula is C16H31N3O2. The van der Waals surface area contributed by atoms with Crippen LogP contribution in [0.25, 0.3) is 0 Å². The normalized spacial score (nSPS) is 25.1. The molecule has 0 bridgehead atoms. The molecule has 1 unspecified atom stereocenters. The highest BCUT2D eigenvalue weighted by Crippen LogP contribution is 2.17. The quantitative estimate of drug-likeness (QED) is 0.784. The molecule has 0 spiro atoms. The lowest BCUT2D eigenvalue weighted by Gasteiger charge is -2.37. The van der Waals surface area contributed by atoms with Crippen LogP contribution in [0.2, 0.25) is 0 Å². The Morgan fingerprint density at radius 2 is 2.00 bits per heavy atom. The fourth-order valence-electron chi connectivity index (χ4n) is 3.36. The van der Waals surface area contributed by atoms with E-state index in [1.54, 1.807) is 0 Å². The van der Waals surface area contributed by atoms with Crippen molar-refractivity contribution in [3.05, 3.63) is 0 Å². The van der Waals surface area contributed by atoms with Gasteiger partial charge in [-0.3, -0.25) is 9.69 Å². The number of carbonyl (C=O) groups excluding carboxylic acids is 1. The van der Waals surface area contributed by atoms with E-state index < -0.39 is 5.60 Å². The average molecular weight is 297 g/mol. The number of β-amino-alcohol motifs (C(OH)–C–C–N with tert-alkyl or cyclic N) is 1. The zero-order valence-corrected chi connectivity index (χ0v) is 13.6. The average Bonchev–Trinajstić information content (AvgIpc) is 2.45. The molecule has 5 nitrogen and oxygen atoms in total. The second-order valence-corrected chi connectivity index (χ2v) is 7.22. The van der Waals surface area contributed by atoms with Crippen LogP contribution in [0.1, 0.15) is 39.5 Å². The molecule has 2 heterocycles. The van der Waals surface area contributed by atoms with Gasteiger partial charge in [0.05, 0.1) is 5.60 Å². The predicted molar refractivity (Wildman–Crippen MR) is 84.1 cm³/mol. The van der Waals surface area contributed by atoms with Gasteiger partial charge < -0.3 is 15.3 Å². The van der Waals surface area contributed by atoms with E-state index in [0.29, 0.717) is 24.8 Å². The van der Waals surface area contributed by atoms with Crippen molar-refractivity contribution in [2.24, 2.45) is 5.92 Å². The molecule has 1 amide bonds. The van der Waals surface area contributed by atoms with E-state index in [-0.39, 0.29) is 0 Å². The van der Waals surface area contributed by atoms with Crippen molar-refractivity contribution >= 4 is 5.91 Å². The molecule has 0 saturated carbocycles. The Morgan fingerprint density at radius 3 is 2.57 bits per heavy atom. The fraction of sp³-hybridized carbons (Fsp3) is 0.938. The first kappa shape index (κ1) is 16.7. The van der Waals surface area contributed by atoms with Gasteiger partial charge in [0.1, 0.15) is 0 Å². The summed E-state index contributed by atoms with van der Waals surface area (Å²) >= 11 is 0. The zero-order valence-electron chi connectivity index (χ0n) is 13.6. The van der Waals surface area contributed by atoms with Crippen LogP contribution in [-0.4, -0.2) is 72.2 Å². The van der Waals surface area contributed by atoms with E-state index >= 15 is 0 Å².